The molecule has 0 radical (unpaired) electrons. The smallest absolute Gasteiger partial charge is 0.191 e. The molecule has 0 amide bonds. The van der Waals surface area contributed by atoms with E-state index in [2.05, 4.69) is 22.1 Å². The van der Waals surface area contributed by atoms with Crippen molar-refractivity contribution in [3.8, 4) is 0 Å². The third-order valence-corrected chi connectivity index (χ3v) is 5.43. The molecule has 0 fully saturated rings. The molecule has 6 heteroatoms. The number of nitrogens with one attached hydrogen (secondary N) is 1. The molecule has 132 valence electrons. The van der Waals surface area contributed by atoms with Crippen molar-refractivity contribution in [2.24, 2.45) is 7.05 Å². The fraction of sp³-hybridized carbons (Fsp3) is 0.421. The highest BCUT2D eigenvalue weighted by atomic mass is 32.2. The minimum atomic E-state index is 0.0726. The van der Waals surface area contributed by atoms with Gasteiger partial charge in [-0.15, -0.1) is 10.2 Å². The van der Waals surface area contributed by atoms with Crippen molar-refractivity contribution >= 4 is 22.7 Å². The van der Waals surface area contributed by atoms with Crippen LogP contribution < -0.4 is 5.43 Å². The second kappa shape index (κ2) is 7.44. The summed E-state index contributed by atoms with van der Waals surface area (Å²) in [7, 11) is 2.00. The molecule has 0 unspecified atom stereocenters. The van der Waals surface area contributed by atoms with Crippen molar-refractivity contribution in [2.45, 2.75) is 50.9 Å². The summed E-state index contributed by atoms with van der Waals surface area (Å²) in [5.74, 6) is 1.68. The maximum absolute atomic E-state index is 12.5. The van der Waals surface area contributed by atoms with E-state index in [4.69, 9.17) is 0 Å². The van der Waals surface area contributed by atoms with Gasteiger partial charge in [0.15, 0.2) is 10.6 Å². The number of aromatic nitrogens is 4. The minimum Gasteiger partial charge on any atom is -0.357 e. The maximum Gasteiger partial charge on any atom is 0.191 e. The molecule has 1 aromatic carbocycles. The average Bonchev–Trinajstić information content (AvgIpc) is 2.90. The van der Waals surface area contributed by atoms with Gasteiger partial charge in [0, 0.05) is 36.4 Å². The van der Waals surface area contributed by atoms with Crippen LogP contribution in [0.4, 0.5) is 0 Å². The van der Waals surface area contributed by atoms with Gasteiger partial charge in [0.25, 0.3) is 0 Å². The van der Waals surface area contributed by atoms with Gasteiger partial charge < -0.3 is 9.55 Å². The Kier molecular flexibility index (Phi) is 5.27. The van der Waals surface area contributed by atoms with Gasteiger partial charge in [-0.2, -0.15) is 0 Å². The third-order valence-electron chi connectivity index (χ3n) is 4.36. The first-order valence-electron chi connectivity index (χ1n) is 8.63. The number of H-pyrrole nitrogens is 1. The maximum atomic E-state index is 12.5. The molecule has 3 aromatic rings. The number of rotatable bonds is 6. The van der Waals surface area contributed by atoms with Gasteiger partial charge in [-0.05, 0) is 37.5 Å². The number of hydrogen-bond donors (Lipinski definition) is 1. The summed E-state index contributed by atoms with van der Waals surface area (Å²) in [4.78, 5) is 15.9. The van der Waals surface area contributed by atoms with Crippen LogP contribution in [0, 0.1) is 13.8 Å². The Balaban J connectivity index is 1.82. The van der Waals surface area contributed by atoms with E-state index in [9.17, 15) is 4.79 Å². The molecule has 0 saturated heterocycles. The minimum absolute atomic E-state index is 0.0726. The molecule has 1 N–H and O–H groups in total. The Labute approximate surface area is 151 Å². The quantitative estimate of drug-likeness (QED) is 0.680. The summed E-state index contributed by atoms with van der Waals surface area (Å²) in [6.07, 6.45) is 3.21. The Bertz CT molecular complexity index is 958. The Morgan fingerprint density at radius 3 is 2.76 bits per heavy atom. The highest BCUT2D eigenvalue weighted by Gasteiger charge is 2.11. The lowest BCUT2D eigenvalue weighted by atomic mass is 10.1. The van der Waals surface area contributed by atoms with Gasteiger partial charge in [0.1, 0.15) is 5.82 Å². The molecular weight excluding hydrogens is 332 g/mol. The predicted molar refractivity (Wildman–Crippen MR) is 103 cm³/mol. The van der Waals surface area contributed by atoms with E-state index in [1.807, 2.05) is 37.6 Å². The molecule has 2 heterocycles. The molecule has 0 aliphatic carbocycles. The second-order valence-electron chi connectivity index (χ2n) is 6.51. The van der Waals surface area contributed by atoms with E-state index in [1.165, 1.54) is 0 Å². The summed E-state index contributed by atoms with van der Waals surface area (Å²) in [6.45, 7) is 6.20. The SMILES string of the molecule is CCCCc1nnc(SCc2cc(=O)c3c(C)cc(C)cc3[nH]2)n1C. The first-order valence-corrected chi connectivity index (χ1v) is 9.62. The van der Waals surface area contributed by atoms with Crippen molar-refractivity contribution in [1.29, 1.82) is 0 Å². The second-order valence-corrected chi connectivity index (χ2v) is 7.46. The predicted octanol–water partition coefficient (Wildman–Crippen LogP) is 3.91. The largest absolute Gasteiger partial charge is 0.357 e. The van der Waals surface area contributed by atoms with Crippen LogP contribution in [-0.4, -0.2) is 19.7 Å². The molecular formula is C19H24N4OS. The van der Waals surface area contributed by atoms with Crippen LogP contribution >= 0.6 is 11.8 Å². The number of pyridine rings is 1. The summed E-state index contributed by atoms with van der Waals surface area (Å²) in [5, 5.41) is 10.2. The number of hydrogen-bond acceptors (Lipinski definition) is 4. The van der Waals surface area contributed by atoms with Gasteiger partial charge in [0.2, 0.25) is 0 Å². The first kappa shape index (κ1) is 17.7. The van der Waals surface area contributed by atoms with Gasteiger partial charge in [0.05, 0.1) is 5.52 Å². The summed E-state index contributed by atoms with van der Waals surface area (Å²) in [6, 6.07) is 5.78. The zero-order valence-electron chi connectivity index (χ0n) is 15.2. The normalized spacial score (nSPS) is 11.4. The molecule has 5 nitrogen and oxygen atoms in total. The Morgan fingerprint density at radius 1 is 1.20 bits per heavy atom. The highest BCUT2D eigenvalue weighted by Crippen LogP contribution is 2.22. The van der Waals surface area contributed by atoms with E-state index in [0.29, 0.717) is 5.75 Å². The average molecular weight is 356 g/mol. The van der Waals surface area contributed by atoms with Gasteiger partial charge in [-0.25, -0.2) is 0 Å². The highest BCUT2D eigenvalue weighted by molar-refractivity contribution is 7.98. The van der Waals surface area contributed by atoms with Crippen molar-refractivity contribution in [3.63, 3.8) is 0 Å². The fourth-order valence-corrected chi connectivity index (χ4v) is 3.91. The van der Waals surface area contributed by atoms with Crippen LogP contribution in [0.2, 0.25) is 0 Å². The van der Waals surface area contributed by atoms with E-state index in [0.717, 1.165) is 58.0 Å². The Morgan fingerprint density at radius 2 is 2.00 bits per heavy atom. The number of aromatic amines is 1. The summed E-state index contributed by atoms with van der Waals surface area (Å²) < 4.78 is 2.05. The number of thioether (sulfide) groups is 1. The van der Waals surface area contributed by atoms with Crippen LogP contribution in [0.1, 0.15) is 42.4 Å². The Hall–Kier alpha value is -2.08. The molecule has 0 aliphatic heterocycles. The lowest BCUT2D eigenvalue weighted by Gasteiger charge is -2.08. The zero-order chi connectivity index (χ0) is 18.0. The van der Waals surface area contributed by atoms with Crippen LogP contribution in [0.3, 0.4) is 0 Å². The topological polar surface area (TPSA) is 63.6 Å². The molecule has 3 rings (SSSR count). The lowest BCUT2D eigenvalue weighted by Crippen LogP contribution is -2.07. The van der Waals surface area contributed by atoms with Gasteiger partial charge in [-0.3, -0.25) is 4.79 Å². The van der Waals surface area contributed by atoms with Crippen LogP contribution in [0.25, 0.3) is 10.9 Å². The fourth-order valence-electron chi connectivity index (χ4n) is 3.08. The molecule has 0 bridgehead atoms. The first-order chi connectivity index (χ1) is 12.0. The zero-order valence-corrected chi connectivity index (χ0v) is 16.0. The van der Waals surface area contributed by atoms with Crippen molar-refractivity contribution in [3.05, 3.63) is 51.1 Å². The molecule has 0 aliphatic rings. The molecule has 25 heavy (non-hydrogen) atoms. The van der Waals surface area contributed by atoms with E-state index in [1.54, 1.807) is 17.8 Å². The molecule has 0 atom stereocenters. The van der Waals surface area contributed by atoms with E-state index < -0.39 is 0 Å². The molecule has 2 aromatic heterocycles. The van der Waals surface area contributed by atoms with Crippen molar-refractivity contribution < 1.29 is 0 Å². The van der Waals surface area contributed by atoms with Crippen molar-refractivity contribution in [1.82, 2.24) is 19.7 Å². The number of nitrogens with zero attached hydrogens (tertiary/aromatic N) is 3. The summed E-state index contributed by atoms with van der Waals surface area (Å²) >= 11 is 1.60. The summed E-state index contributed by atoms with van der Waals surface area (Å²) in [5.41, 5.74) is 4.06. The monoisotopic (exact) mass is 356 g/mol. The third kappa shape index (κ3) is 3.79. The number of fused-ring (bicyclic) bond motifs is 1. The van der Waals surface area contributed by atoms with Crippen LogP contribution in [-0.2, 0) is 19.2 Å². The van der Waals surface area contributed by atoms with Gasteiger partial charge in [-0.1, -0.05) is 31.2 Å². The standard InChI is InChI=1S/C19H24N4OS/c1-5-6-7-17-21-22-19(23(17)4)25-11-14-10-16(24)18-13(3)8-12(2)9-15(18)20-14/h8-10H,5-7,11H2,1-4H3,(H,20,24). The number of unbranched alkanes of at least 4 members (excludes halogenated alkanes) is 1. The van der Waals surface area contributed by atoms with Crippen LogP contribution in [0.5, 0.6) is 0 Å². The van der Waals surface area contributed by atoms with E-state index >= 15 is 0 Å². The van der Waals surface area contributed by atoms with Crippen LogP contribution in [0.15, 0.2) is 28.2 Å². The van der Waals surface area contributed by atoms with E-state index in [-0.39, 0.29) is 5.43 Å². The lowest BCUT2D eigenvalue weighted by molar-refractivity contribution is 0.686. The number of benzene rings is 1. The van der Waals surface area contributed by atoms with Crippen molar-refractivity contribution in [2.75, 3.05) is 0 Å². The van der Waals surface area contributed by atoms with Gasteiger partial charge >= 0.3 is 0 Å². The molecule has 0 spiro atoms. The number of aryl methyl sites for hydroxylation is 3. The molecule has 0 saturated carbocycles.